The Kier molecular flexibility index (Phi) is 5.85. The summed E-state index contributed by atoms with van der Waals surface area (Å²) in [5.41, 5.74) is 0. The zero-order valence-electron chi connectivity index (χ0n) is 14.9. The molecule has 0 bridgehead atoms. The second-order valence-corrected chi connectivity index (χ2v) is 7.24. The van der Waals surface area contributed by atoms with E-state index < -0.39 is 18.2 Å². The predicted molar refractivity (Wildman–Crippen MR) is 87.3 cm³/mol. The van der Waals surface area contributed by atoms with E-state index in [0.29, 0.717) is 32.4 Å². The maximum absolute atomic E-state index is 12.5. The fourth-order valence-corrected chi connectivity index (χ4v) is 3.38. The number of aliphatic carboxylic acids is 1. The molecule has 2 saturated heterocycles. The van der Waals surface area contributed by atoms with Crippen LogP contribution in [0.15, 0.2) is 0 Å². The number of carboxylic acid groups (broad SMARTS) is 1. The molecule has 3 atom stereocenters. The fourth-order valence-electron chi connectivity index (χ4n) is 3.38. The summed E-state index contributed by atoms with van der Waals surface area (Å²) in [5, 5.41) is 9.09. The Labute approximate surface area is 142 Å². The first kappa shape index (κ1) is 18.7. The summed E-state index contributed by atoms with van der Waals surface area (Å²) in [6.45, 7) is 6.79. The van der Waals surface area contributed by atoms with Crippen LogP contribution in [0.25, 0.3) is 0 Å². The number of likely N-dealkylation sites (tertiary alicyclic amines) is 1. The number of rotatable bonds is 4. The highest BCUT2D eigenvalue weighted by molar-refractivity contribution is 5.84. The van der Waals surface area contributed by atoms with Gasteiger partial charge in [-0.05, 0) is 39.0 Å². The van der Waals surface area contributed by atoms with Gasteiger partial charge in [-0.25, -0.2) is 4.79 Å². The molecule has 0 unspecified atom stereocenters. The third kappa shape index (κ3) is 3.88. The molecule has 0 aromatic heterocycles. The molecule has 2 aliphatic rings. The van der Waals surface area contributed by atoms with E-state index in [1.165, 1.54) is 0 Å². The Morgan fingerprint density at radius 3 is 2.25 bits per heavy atom. The highest BCUT2D eigenvalue weighted by Gasteiger charge is 2.42. The van der Waals surface area contributed by atoms with Gasteiger partial charge in [0.1, 0.15) is 6.10 Å². The van der Waals surface area contributed by atoms with Gasteiger partial charge in [-0.3, -0.25) is 9.59 Å². The molecule has 7 nitrogen and oxygen atoms in total. The molecule has 136 valence electrons. The van der Waals surface area contributed by atoms with Gasteiger partial charge in [-0.2, -0.15) is 0 Å². The van der Waals surface area contributed by atoms with Crippen molar-refractivity contribution < 1.29 is 24.2 Å². The summed E-state index contributed by atoms with van der Waals surface area (Å²) in [4.78, 5) is 39.5. The van der Waals surface area contributed by atoms with Crippen molar-refractivity contribution in [2.45, 2.75) is 58.3 Å². The number of hydrogen-bond acceptors (Lipinski definition) is 4. The molecule has 1 N–H and O–H groups in total. The molecule has 0 aromatic rings. The quantitative estimate of drug-likeness (QED) is 0.824. The Balaban J connectivity index is 1.87. The van der Waals surface area contributed by atoms with Crippen LogP contribution < -0.4 is 0 Å². The first-order valence-electron chi connectivity index (χ1n) is 8.66. The monoisotopic (exact) mass is 340 g/mol. The van der Waals surface area contributed by atoms with Crippen molar-refractivity contribution in [1.82, 2.24) is 9.80 Å². The molecule has 0 aromatic carbocycles. The zero-order valence-corrected chi connectivity index (χ0v) is 14.9. The average Bonchev–Trinajstić information content (AvgIpc) is 2.95. The average molecular weight is 340 g/mol. The van der Waals surface area contributed by atoms with E-state index in [0.717, 1.165) is 0 Å². The second kappa shape index (κ2) is 7.51. The van der Waals surface area contributed by atoms with Crippen LogP contribution in [0.2, 0.25) is 0 Å². The van der Waals surface area contributed by atoms with Crippen molar-refractivity contribution in [3.8, 4) is 0 Å². The van der Waals surface area contributed by atoms with E-state index in [2.05, 4.69) is 0 Å². The van der Waals surface area contributed by atoms with Crippen molar-refractivity contribution in [3.05, 3.63) is 0 Å². The summed E-state index contributed by atoms with van der Waals surface area (Å²) >= 11 is 0. The van der Waals surface area contributed by atoms with Crippen LogP contribution in [0.1, 0.15) is 40.0 Å². The fraction of sp³-hybridized carbons (Fsp3) is 0.824. The minimum Gasteiger partial charge on any atom is -0.479 e. The molecule has 2 aliphatic heterocycles. The lowest BCUT2D eigenvalue weighted by atomic mass is 9.94. The largest absolute Gasteiger partial charge is 0.479 e. The molecule has 2 rings (SSSR count). The molecule has 0 aliphatic carbocycles. The van der Waals surface area contributed by atoms with Gasteiger partial charge in [-0.15, -0.1) is 0 Å². The Hall–Kier alpha value is -1.63. The molecular formula is C17H28N2O5. The number of piperidine rings is 1. The van der Waals surface area contributed by atoms with E-state index in [-0.39, 0.29) is 29.7 Å². The van der Waals surface area contributed by atoms with Gasteiger partial charge in [0, 0.05) is 32.1 Å². The van der Waals surface area contributed by atoms with E-state index in [1.54, 1.807) is 16.7 Å². The highest BCUT2D eigenvalue weighted by atomic mass is 16.5. The van der Waals surface area contributed by atoms with Crippen LogP contribution in [0.3, 0.4) is 0 Å². The minimum absolute atomic E-state index is 0.0448. The van der Waals surface area contributed by atoms with Crippen molar-refractivity contribution in [3.63, 3.8) is 0 Å². The lowest BCUT2D eigenvalue weighted by molar-refractivity contribution is -0.157. The lowest BCUT2D eigenvalue weighted by Gasteiger charge is -2.35. The number of nitrogens with zero attached hydrogens (tertiary/aromatic N) is 2. The van der Waals surface area contributed by atoms with E-state index in [4.69, 9.17) is 9.84 Å². The predicted octanol–water partition coefficient (Wildman–Crippen LogP) is 0.970. The minimum atomic E-state index is -1.01. The van der Waals surface area contributed by atoms with Crippen molar-refractivity contribution in [2.24, 2.45) is 11.8 Å². The van der Waals surface area contributed by atoms with E-state index >= 15 is 0 Å². The number of ether oxygens (including phenoxy) is 1. The van der Waals surface area contributed by atoms with Crippen LogP contribution in [0.5, 0.6) is 0 Å². The first-order valence-corrected chi connectivity index (χ1v) is 8.66. The summed E-state index contributed by atoms with van der Waals surface area (Å²) in [7, 11) is 1.81. The number of carbonyl (C=O) groups is 3. The maximum atomic E-state index is 12.5. The summed E-state index contributed by atoms with van der Waals surface area (Å²) in [6, 6.07) is 0.165. The molecule has 24 heavy (non-hydrogen) atoms. The van der Waals surface area contributed by atoms with Crippen molar-refractivity contribution in [1.29, 1.82) is 0 Å². The summed E-state index contributed by atoms with van der Waals surface area (Å²) in [5.74, 6) is -1.24. The topological polar surface area (TPSA) is 87.2 Å². The molecule has 0 radical (unpaired) electrons. The summed E-state index contributed by atoms with van der Waals surface area (Å²) < 4.78 is 5.43. The van der Waals surface area contributed by atoms with Crippen LogP contribution in [0, 0.1) is 11.8 Å². The van der Waals surface area contributed by atoms with Gasteiger partial charge in [0.2, 0.25) is 5.91 Å². The number of carboxylic acids is 1. The highest BCUT2D eigenvalue weighted by Crippen LogP contribution is 2.29. The van der Waals surface area contributed by atoms with Gasteiger partial charge in [0.05, 0.1) is 0 Å². The van der Waals surface area contributed by atoms with Gasteiger partial charge >= 0.3 is 5.97 Å². The third-order valence-electron chi connectivity index (χ3n) is 5.21. The Morgan fingerprint density at radius 1 is 1.21 bits per heavy atom. The van der Waals surface area contributed by atoms with E-state index in [1.807, 2.05) is 20.9 Å². The van der Waals surface area contributed by atoms with Gasteiger partial charge < -0.3 is 19.6 Å². The molecular weight excluding hydrogens is 312 g/mol. The smallest absolute Gasteiger partial charge is 0.333 e. The first-order chi connectivity index (χ1) is 11.2. The van der Waals surface area contributed by atoms with Crippen LogP contribution in [0.4, 0.5) is 0 Å². The number of hydrogen-bond donors (Lipinski definition) is 1. The molecule has 7 heteroatoms. The Bertz CT molecular complexity index is 499. The Morgan fingerprint density at radius 2 is 1.79 bits per heavy atom. The standard InChI is InChI=1S/C17H28N2O5/c1-10(2)18(4)15(20)12-5-7-19(8-6-12)16(21)13-9-11(3)14(24-13)17(22)23/h10-14H,5-9H2,1-4H3,(H,22,23)/t11-,13-,14-/m0/s1. The maximum Gasteiger partial charge on any atom is 0.333 e. The molecule has 2 fully saturated rings. The number of carbonyl (C=O) groups excluding carboxylic acids is 2. The van der Waals surface area contributed by atoms with Crippen LogP contribution in [-0.2, 0) is 19.1 Å². The summed E-state index contributed by atoms with van der Waals surface area (Å²) in [6.07, 6.45) is 0.146. The van der Waals surface area contributed by atoms with E-state index in [9.17, 15) is 14.4 Å². The number of amides is 2. The normalized spacial score (nSPS) is 28.2. The zero-order chi connectivity index (χ0) is 18.0. The van der Waals surface area contributed by atoms with Gasteiger partial charge in [-0.1, -0.05) is 6.92 Å². The molecule has 2 heterocycles. The third-order valence-corrected chi connectivity index (χ3v) is 5.21. The molecule has 0 spiro atoms. The SMILES string of the molecule is CC(C)N(C)C(=O)C1CCN(C(=O)[C@@H]2C[C@H](C)[C@@H](C(=O)O)O2)CC1. The lowest BCUT2D eigenvalue weighted by Crippen LogP contribution is -2.47. The molecule has 0 saturated carbocycles. The van der Waals surface area contributed by atoms with Crippen LogP contribution >= 0.6 is 0 Å². The van der Waals surface area contributed by atoms with Crippen LogP contribution in [-0.4, -0.2) is 71.1 Å². The van der Waals surface area contributed by atoms with Gasteiger partial charge in [0.15, 0.2) is 6.10 Å². The van der Waals surface area contributed by atoms with Crippen molar-refractivity contribution >= 4 is 17.8 Å². The van der Waals surface area contributed by atoms with Crippen molar-refractivity contribution in [2.75, 3.05) is 20.1 Å². The second-order valence-electron chi connectivity index (χ2n) is 7.24. The molecule has 2 amide bonds. The van der Waals surface area contributed by atoms with Gasteiger partial charge in [0.25, 0.3) is 5.91 Å².